The number of hydrogen-bond donors (Lipinski definition) is 3. The number of aromatic hydroxyl groups is 1. The van der Waals surface area contributed by atoms with E-state index in [0.29, 0.717) is 5.69 Å². The number of ether oxygens (including phenoxy) is 1. The molecule has 1 aromatic heterocycles. The van der Waals surface area contributed by atoms with E-state index in [9.17, 15) is 19.5 Å². The molecule has 0 atom stereocenters. The molecule has 0 unspecified atom stereocenters. The number of methoxy groups -OCH3 is 1. The van der Waals surface area contributed by atoms with Crippen molar-refractivity contribution in [3.8, 4) is 16.9 Å². The van der Waals surface area contributed by atoms with E-state index in [4.69, 9.17) is 4.74 Å². The van der Waals surface area contributed by atoms with E-state index in [1.54, 1.807) is 6.92 Å². The molecule has 7 heteroatoms. The largest absolute Gasteiger partial charge is 0.507 e. The van der Waals surface area contributed by atoms with Crippen LogP contribution in [0.4, 0.5) is 0 Å². The summed E-state index contributed by atoms with van der Waals surface area (Å²) in [7, 11) is 2.67. The molecule has 0 aliphatic carbocycles. The minimum atomic E-state index is -0.678. The standard InChI is InChI=1S/C16H16N2O5/c1-8-6-12(19)13(15(21)18-8)11-7-9(14(20)17-2)4-5-10(11)16(22)23-3/h4-7H,1-3H3,(H,17,20)(H2,18,19,21). The second kappa shape index (κ2) is 6.35. The number of H-pyrrole nitrogens is 1. The van der Waals surface area contributed by atoms with Gasteiger partial charge in [0, 0.05) is 23.9 Å². The van der Waals surface area contributed by atoms with Crippen molar-refractivity contribution < 1.29 is 19.4 Å². The van der Waals surface area contributed by atoms with Gasteiger partial charge in [0.15, 0.2) is 0 Å². The van der Waals surface area contributed by atoms with Crippen LogP contribution in [0.3, 0.4) is 0 Å². The maximum Gasteiger partial charge on any atom is 0.338 e. The highest BCUT2D eigenvalue weighted by atomic mass is 16.5. The fraction of sp³-hybridized carbons (Fsp3) is 0.188. The summed E-state index contributed by atoms with van der Waals surface area (Å²) in [5.74, 6) is -1.35. The number of pyridine rings is 1. The highest BCUT2D eigenvalue weighted by Gasteiger charge is 2.20. The Hall–Kier alpha value is -3.09. The SMILES string of the molecule is CNC(=O)c1ccc(C(=O)OC)c(-c2c(O)cc(C)[nH]c2=O)c1. The van der Waals surface area contributed by atoms with E-state index in [1.165, 1.54) is 38.4 Å². The summed E-state index contributed by atoms with van der Waals surface area (Å²) < 4.78 is 4.70. The fourth-order valence-electron chi connectivity index (χ4n) is 2.26. The van der Waals surface area contributed by atoms with Crippen molar-refractivity contribution in [2.45, 2.75) is 6.92 Å². The Bertz CT molecular complexity index is 839. The lowest BCUT2D eigenvalue weighted by molar-refractivity contribution is 0.0601. The number of carbonyl (C=O) groups excluding carboxylic acids is 2. The third-order valence-electron chi connectivity index (χ3n) is 3.33. The topological polar surface area (TPSA) is 108 Å². The third-order valence-corrected chi connectivity index (χ3v) is 3.33. The van der Waals surface area contributed by atoms with Crippen LogP contribution in [-0.2, 0) is 4.74 Å². The first kappa shape index (κ1) is 16.3. The molecule has 0 aliphatic rings. The molecule has 23 heavy (non-hydrogen) atoms. The maximum atomic E-state index is 12.2. The van der Waals surface area contributed by atoms with Crippen LogP contribution in [0.2, 0.25) is 0 Å². The Kier molecular flexibility index (Phi) is 4.49. The van der Waals surface area contributed by atoms with Gasteiger partial charge in [-0.25, -0.2) is 4.79 Å². The summed E-state index contributed by atoms with van der Waals surface area (Å²) in [4.78, 5) is 38.5. The number of hydrogen-bond acceptors (Lipinski definition) is 5. The van der Waals surface area contributed by atoms with E-state index in [0.717, 1.165) is 0 Å². The Labute approximate surface area is 131 Å². The Morgan fingerprint density at radius 2 is 1.96 bits per heavy atom. The monoisotopic (exact) mass is 316 g/mol. The number of benzene rings is 1. The van der Waals surface area contributed by atoms with Gasteiger partial charge in [0.05, 0.1) is 18.2 Å². The van der Waals surface area contributed by atoms with Crippen LogP contribution in [0, 0.1) is 6.92 Å². The summed E-state index contributed by atoms with van der Waals surface area (Å²) in [5, 5.41) is 12.6. The van der Waals surface area contributed by atoms with Gasteiger partial charge in [-0.05, 0) is 31.2 Å². The number of carbonyl (C=O) groups is 2. The van der Waals surface area contributed by atoms with Crippen molar-refractivity contribution in [1.82, 2.24) is 10.3 Å². The normalized spacial score (nSPS) is 10.2. The minimum Gasteiger partial charge on any atom is -0.507 e. The number of aryl methyl sites for hydroxylation is 1. The van der Waals surface area contributed by atoms with Gasteiger partial charge in [-0.2, -0.15) is 0 Å². The molecule has 1 heterocycles. The van der Waals surface area contributed by atoms with Gasteiger partial charge in [0.1, 0.15) is 5.75 Å². The quantitative estimate of drug-likeness (QED) is 0.737. The molecule has 2 aromatic rings. The van der Waals surface area contributed by atoms with Gasteiger partial charge < -0.3 is 20.1 Å². The highest BCUT2D eigenvalue weighted by molar-refractivity contribution is 6.02. The molecule has 0 saturated carbocycles. The highest BCUT2D eigenvalue weighted by Crippen LogP contribution is 2.30. The van der Waals surface area contributed by atoms with Crippen LogP contribution in [0.15, 0.2) is 29.1 Å². The maximum absolute atomic E-state index is 12.2. The Morgan fingerprint density at radius 3 is 2.52 bits per heavy atom. The molecular weight excluding hydrogens is 300 g/mol. The fourth-order valence-corrected chi connectivity index (χ4v) is 2.26. The van der Waals surface area contributed by atoms with Crippen LogP contribution in [0.5, 0.6) is 5.75 Å². The molecule has 3 N–H and O–H groups in total. The average molecular weight is 316 g/mol. The van der Waals surface area contributed by atoms with Gasteiger partial charge in [-0.3, -0.25) is 9.59 Å². The molecule has 0 aliphatic heterocycles. The zero-order chi connectivity index (χ0) is 17.1. The second-order valence-electron chi connectivity index (χ2n) is 4.87. The van der Waals surface area contributed by atoms with Crippen molar-refractivity contribution >= 4 is 11.9 Å². The van der Waals surface area contributed by atoms with Crippen LogP contribution >= 0.6 is 0 Å². The number of aromatic amines is 1. The van der Waals surface area contributed by atoms with E-state index in [1.807, 2.05) is 0 Å². The lowest BCUT2D eigenvalue weighted by Crippen LogP contribution is -2.19. The molecule has 1 amide bonds. The van der Waals surface area contributed by atoms with E-state index >= 15 is 0 Å². The van der Waals surface area contributed by atoms with Crippen LogP contribution < -0.4 is 10.9 Å². The summed E-state index contributed by atoms with van der Waals surface area (Å²) in [6.07, 6.45) is 0. The molecule has 0 fully saturated rings. The van der Waals surface area contributed by atoms with Gasteiger partial charge in [0.2, 0.25) is 0 Å². The molecule has 0 radical (unpaired) electrons. The van der Waals surface area contributed by atoms with E-state index in [-0.39, 0.29) is 33.9 Å². The van der Waals surface area contributed by atoms with Gasteiger partial charge >= 0.3 is 5.97 Å². The zero-order valence-corrected chi connectivity index (χ0v) is 12.9. The molecule has 7 nitrogen and oxygen atoms in total. The van der Waals surface area contributed by atoms with Crippen LogP contribution in [0.1, 0.15) is 26.4 Å². The molecule has 0 saturated heterocycles. The average Bonchev–Trinajstić information content (AvgIpc) is 2.52. The number of rotatable bonds is 3. The predicted octanol–water partition coefficient (Wildman–Crippen LogP) is 1.20. The Morgan fingerprint density at radius 1 is 1.26 bits per heavy atom. The minimum absolute atomic E-state index is 0.0739. The number of amides is 1. The predicted molar refractivity (Wildman–Crippen MR) is 83.6 cm³/mol. The molecule has 2 rings (SSSR count). The smallest absolute Gasteiger partial charge is 0.338 e. The molecule has 120 valence electrons. The summed E-state index contributed by atoms with van der Waals surface area (Å²) in [6.45, 7) is 1.62. The van der Waals surface area contributed by atoms with Crippen molar-refractivity contribution in [2.75, 3.05) is 14.2 Å². The van der Waals surface area contributed by atoms with E-state index in [2.05, 4.69) is 10.3 Å². The first-order valence-electron chi connectivity index (χ1n) is 6.76. The van der Waals surface area contributed by atoms with Crippen molar-refractivity contribution in [2.24, 2.45) is 0 Å². The van der Waals surface area contributed by atoms with Crippen LogP contribution in [-0.4, -0.2) is 36.1 Å². The van der Waals surface area contributed by atoms with Gasteiger partial charge in [-0.15, -0.1) is 0 Å². The second-order valence-corrected chi connectivity index (χ2v) is 4.87. The van der Waals surface area contributed by atoms with Gasteiger partial charge in [0.25, 0.3) is 11.5 Å². The number of esters is 1. The van der Waals surface area contributed by atoms with E-state index < -0.39 is 11.5 Å². The summed E-state index contributed by atoms with van der Waals surface area (Å²) >= 11 is 0. The van der Waals surface area contributed by atoms with Crippen molar-refractivity contribution in [1.29, 1.82) is 0 Å². The third kappa shape index (κ3) is 3.08. The summed E-state index contributed by atoms with van der Waals surface area (Å²) in [5.41, 5.74) is 0.248. The molecule has 0 bridgehead atoms. The summed E-state index contributed by atoms with van der Waals surface area (Å²) in [6, 6.07) is 5.55. The van der Waals surface area contributed by atoms with Crippen LogP contribution in [0.25, 0.3) is 11.1 Å². The van der Waals surface area contributed by atoms with Gasteiger partial charge in [-0.1, -0.05) is 0 Å². The molecule has 0 spiro atoms. The number of aromatic nitrogens is 1. The zero-order valence-electron chi connectivity index (χ0n) is 12.9. The first-order chi connectivity index (χ1) is 10.9. The molecule has 1 aromatic carbocycles. The first-order valence-corrected chi connectivity index (χ1v) is 6.76. The lowest BCUT2D eigenvalue weighted by Gasteiger charge is -2.11. The number of nitrogens with one attached hydrogen (secondary N) is 2. The Balaban J connectivity index is 2.80. The molecular formula is C16H16N2O5. The lowest BCUT2D eigenvalue weighted by atomic mass is 9.97. The van der Waals surface area contributed by atoms with Crippen molar-refractivity contribution in [3.05, 3.63) is 51.4 Å². The van der Waals surface area contributed by atoms with Crippen molar-refractivity contribution in [3.63, 3.8) is 0 Å².